The molecule has 0 fully saturated rings. The number of aromatic nitrogens is 3. The Morgan fingerprint density at radius 2 is 1.75 bits per heavy atom. The summed E-state index contributed by atoms with van der Waals surface area (Å²) in [6.45, 7) is 6.65. The first-order chi connectivity index (χ1) is 7.34. The van der Waals surface area contributed by atoms with Crippen molar-refractivity contribution in [2.24, 2.45) is 5.10 Å². The minimum Gasteiger partial charge on any atom is -0.257 e. The third-order valence-electron chi connectivity index (χ3n) is 1.83. The molecule has 0 spiro atoms. The van der Waals surface area contributed by atoms with Crippen molar-refractivity contribution in [3.8, 4) is 0 Å². The van der Waals surface area contributed by atoms with Gasteiger partial charge in [-0.15, -0.1) is 4.68 Å². The predicted octanol–water partition coefficient (Wildman–Crippen LogP) is -0.477. The summed E-state index contributed by atoms with van der Waals surface area (Å²) >= 11 is 0. The summed E-state index contributed by atoms with van der Waals surface area (Å²) < 4.78 is 1.59. The number of nitrogens with zero attached hydrogens (tertiary/aromatic N) is 3. The number of hydrogen-bond donors (Lipinski definition) is 1. The third kappa shape index (κ3) is 2.18. The zero-order valence-corrected chi connectivity index (χ0v) is 9.64. The Morgan fingerprint density at radius 3 is 2.19 bits per heavy atom. The minimum absolute atomic E-state index is 0.338. The van der Waals surface area contributed by atoms with E-state index in [1.54, 1.807) is 27.7 Å². The summed E-state index contributed by atoms with van der Waals surface area (Å²) in [5.74, 6) is 0. The van der Waals surface area contributed by atoms with Gasteiger partial charge in [0.2, 0.25) is 0 Å². The van der Waals surface area contributed by atoms with Gasteiger partial charge < -0.3 is 0 Å². The maximum atomic E-state index is 11.8. The average molecular weight is 226 g/mol. The van der Waals surface area contributed by atoms with Crippen LogP contribution < -0.4 is 17.1 Å². The van der Waals surface area contributed by atoms with E-state index in [1.807, 2.05) is 4.98 Å². The van der Waals surface area contributed by atoms with Gasteiger partial charge in [-0.1, -0.05) is 0 Å². The van der Waals surface area contributed by atoms with E-state index in [4.69, 9.17) is 0 Å². The zero-order valence-electron chi connectivity index (χ0n) is 9.64. The van der Waals surface area contributed by atoms with Gasteiger partial charge in [-0.25, -0.2) is 19.0 Å². The number of rotatable bonds is 2. The zero-order chi connectivity index (χ0) is 12.5. The van der Waals surface area contributed by atoms with Gasteiger partial charge in [0.15, 0.2) is 0 Å². The van der Waals surface area contributed by atoms with Gasteiger partial charge in [0.1, 0.15) is 0 Å². The molecule has 1 heterocycles. The first-order valence-electron chi connectivity index (χ1n) is 4.84. The van der Waals surface area contributed by atoms with Crippen LogP contribution in [0.3, 0.4) is 0 Å². The van der Waals surface area contributed by atoms with Crippen LogP contribution in [0, 0.1) is 0 Å². The molecule has 88 valence electrons. The van der Waals surface area contributed by atoms with E-state index in [2.05, 4.69) is 5.10 Å². The van der Waals surface area contributed by atoms with E-state index < -0.39 is 17.1 Å². The average Bonchev–Trinajstić information content (AvgIpc) is 2.10. The molecule has 1 N–H and O–H groups in total. The fourth-order valence-electron chi connectivity index (χ4n) is 1.22. The van der Waals surface area contributed by atoms with Crippen LogP contribution >= 0.6 is 0 Å². The summed E-state index contributed by atoms with van der Waals surface area (Å²) in [7, 11) is 0. The van der Waals surface area contributed by atoms with Gasteiger partial charge in [-0.2, -0.15) is 5.10 Å². The van der Waals surface area contributed by atoms with Gasteiger partial charge in [0.25, 0.3) is 0 Å². The van der Waals surface area contributed by atoms with E-state index in [9.17, 15) is 14.4 Å². The molecule has 0 saturated heterocycles. The van der Waals surface area contributed by atoms with Crippen molar-refractivity contribution in [1.82, 2.24) is 14.2 Å². The van der Waals surface area contributed by atoms with Crippen molar-refractivity contribution in [1.29, 1.82) is 0 Å². The summed E-state index contributed by atoms with van der Waals surface area (Å²) in [4.78, 5) is 36.6. The molecule has 0 aromatic carbocycles. The molecule has 0 bridgehead atoms. The molecule has 0 saturated carbocycles. The lowest BCUT2D eigenvalue weighted by Crippen LogP contribution is -2.48. The highest BCUT2D eigenvalue weighted by molar-refractivity contribution is 5.78. The molecule has 0 unspecified atom stereocenters. The van der Waals surface area contributed by atoms with Gasteiger partial charge >= 0.3 is 17.1 Å². The first-order valence-corrected chi connectivity index (χ1v) is 4.84. The Bertz CT molecular complexity index is 584. The molecule has 1 aromatic rings. The number of aromatic amines is 1. The van der Waals surface area contributed by atoms with Crippen molar-refractivity contribution < 1.29 is 0 Å². The molecular formula is C9H14N4O3. The van der Waals surface area contributed by atoms with Gasteiger partial charge in [0.05, 0.1) is 0 Å². The molecule has 0 radical (unpaired) electrons. The summed E-state index contributed by atoms with van der Waals surface area (Å²) in [5, 5.41) is 3.76. The summed E-state index contributed by atoms with van der Waals surface area (Å²) in [6.07, 6.45) is 0. The Hall–Kier alpha value is -1.92. The molecule has 7 heteroatoms. The number of nitrogens with one attached hydrogen (secondary N) is 1. The van der Waals surface area contributed by atoms with Gasteiger partial charge in [-0.3, -0.25) is 4.98 Å². The molecule has 7 nitrogen and oxygen atoms in total. The lowest BCUT2D eigenvalue weighted by Gasteiger charge is -2.08. The maximum Gasteiger partial charge on any atom is 0.357 e. The topological polar surface area (TPSA) is 89.2 Å². The second-order valence-corrected chi connectivity index (χ2v) is 3.84. The molecule has 0 aliphatic heterocycles. The fraction of sp³-hybridized carbons (Fsp3) is 0.556. The molecule has 0 aliphatic rings. The molecular weight excluding hydrogens is 212 g/mol. The highest BCUT2D eigenvalue weighted by Crippen LogP contribution is 1.92. The standard InChI is InChI=1S/C9H14N4O3/c1-5(2)11-13-8(15)10-7(14)12(6(3)4)9(13)16/h6H,1-4H3,(H,10,14,15). The molecule has 16 heavy (non-hydrogen) atoms. The summed E-state index contributed by atoms with van der Waals surface area (Å²) in [6, 6.07) is -0.338. The van der Waals surface area contributed by atoms with Crippen LogP contribution in [0.2, 0.25) is 0 Å². The van der Waals surface area contributed by atoms with Crippen molar-refractivity contribution in [3.63, 3.8) is 0 Å². The Labute approximate surface area is 91.0 Å². The normalized spacial score (nSPS) is 10.6. The quantitative estimate of drug-likeness (QED) is 0.691. The van der Waals surface area contributed by atoms with E-state index in [-0.39, 0.29) is 6.04 Å². The number of hydrogen-bond acceptors (Lipinski definition) is 4. The second kappa shape index (κ2) is 4.30. The van der Waals surface area contributed by atoms with Crippen molar-refractivity contribution >= 4 is 5.71 Å². The van der Waals surface area contributed by atoms with Crippen LogP contribution in [0.5, 0.6) is 0 Å². The molecule has 0 amide bonds. The SMILES string of the molecule is CC(C)=Nn1c(=O)[nH]c(=O)n(C(C)C)c1=O. The van der Waals surface area contributed by atoms with Crippen LogP contribution in [0.15, 0.2) is 19.5 Å². The first kappa shape index (κ1) is 12.2. The van der Waals surface area contributed by atoms with Crippen LogP contribution in [-0.4, -0.2) is 19.9 Å². The predicted molar refractivity (Wildman–Crippen MR) is 60.1 cm³/mol. The van der Waals surface area contributed by atoms with E-state index in [1.165, 1.54) is 0 Å². The Kier molecular flexibility index (Phi) is 3.26. The van der Waals surface area contributed by atoms with Crippen LogP contribution in [0.25, 0.3) is 0 Å². The van der Waals surface area contributed by atoms with Crippen molar-refractivity contribution in [2.75, 3.05) is 0 Å². The van der Waals surface area contributed by atoms with Crippen LogP contribution in [-0.2, 0) is 0 Å². The Balaban J connectivity index is 3.73. The van der Waals surface area contributed by atoms with Crippen LogP contribution in [0.1, 0.15) is 33.7 Å². The largest absolute Gasteiger partial charge is 0.357 e. The van der Waals surface area contributed by atoms with Crippen molar-refractivity contribution in [3.05, 3.63) is 31.5 Å². The van der Waals surface area contributed by atoms with E-state index >= 15 is 0 Å². The van der Waals surface area contributed by atoms with Gasteiger partial charge in [-0.05, 0) is 27.7 Å². The fourth-order valence-corrected chi connectivity index (χ4v) is 1.22. The third-order valence-corrected chi connectivity index (χ3v) is 1.83. The Morgan fingerprint density at radius 1 is 1.19 bits per heavy atom. The highest BCUT2D eigenvalue weighted by Gasteiger charge is 2.11. The molecule has 0 aliphatic carbocycles. The van der Waals surface area contributed by atoms with Crippen molar-refractivity contribution in [2.45, 2.75) is 33.7 Å². The smallest absolute Gasteiger partial charge is 0.257 e. The number of H-pyrrole nitrogens is 1. The van der Waals surface area contributed by atoms with Gasteiger partial charge in [0, 0.05) is 11.8 Å². The van der Waals surface area contributed by atoms with E-state index in [0.29, 0.717) is 10.4 Å². The highest BCUT2D eigenvalue weighted by atomic mass is 16.2. The van der Waals surface area contributed by atoms with E-state index in [0.717, 1.165) is 4.57 Å². The van der Waals surface area contributed by atoms with Crippen LogP contribution in [0.4, 0.5) is 0 Å². The molecule has 0 atom stereocenters. The maximum absolute atomic E-state index is 11.8. The summed E-state index contributed by atoms with van der Waals surface area (Å²) in [5.41, 5.74) is -1.73. The minimum atomic E-state index is -0.826. The monoisotopic (exact) mass is 226 g/mol. The molecule has 1 aromatic heterocycles. The lowest BCUT2D eigenvalue weighted by molar-refractivity contribution is 0.489. The molecule has 1 rings (SSSR count). The lowest BCUT2D eigenvalue weighted by atomic mass is 10.4. The second-order valence-electron chi connectivity index (χ2n) is 3.84.